The molecule has 0 aliphatic heterocycles. The minimum absolute atomic E-state index is 0.230. The quantitative estimate of drug-likeness (QED) is 0.0476. The molecule has 0 aliphatic carbocycles. The number of unbranched alkanes of at least 4 members (excludes halogenated alkanes) is 24. The summed E-state index contributed by atoms with van der Waals surface area (Å²) in [4.78, 5) is 21.2. The van der Waals surface area contributed by atoms with Crippen LogP contribution in [0.15, 0.2) is 0 Å². The van der Waals surface area contributed by atoms with E-state index in [4.69, 9.17) is 14.6 Å². The molecule has 0 saturated heterocycles. The highest BCUT2D eigenvalue weighted by molar-refractivity contribution is 5.38. The van der Waals surface area contributed by atoms with E-state index in [1.165, 1.54) is 219 Å². The normalized spacial score (nSPS) is 12.2. The highest BCUT2D eigenvalue weighted by Gasteiger charge is 2.22. The van der Waals surface area contributed by atoms with Gasteiger partial charge in [-0.15, -0.1) is 0 Å². The van der Waals surface area contributed by atoms with E-state index in [-0.39, 0.29) is 12.1 Å². The summed E-state index contributed by atoms with van der Waals surface area (Å²) < 4.78 is 5.13. The first-order valence-corrected chi connectivity index (χ1v) is 23.9. The first-order chi connectivity index (χ1) is 26.4. The van der Waals surface area contributed by atoms with Crippen LogP contribution in [-0.4, -0.2) is 59.9 Å². The number of hydrogen-bond donors (Lipinski definition) is 2. The Morgan fingerprint density at radius 3 is 1.13 bits per heavy atom. The maximum Gasteiger partial charge on any atom is 0.293 e. The third-order valence-electron chi connectivity index (χ3n) is 11.4. The van der Waals surface area contributed by atoms with Crippen LogP contribution in [-0.2, 0) is 14.3 Å². The SMILES string of the molecule is CCCCCCCCC(C)(CC)OC=O.CCCCCCCCC(CCCCCCCC)CCCCCCCN(CCO)CCCCCCCC.O=CO. The lowest BCUT2D eigenvalue weighted by Crippen LogP contribution is -2.29. The summed E-state index contributed by atoms with van der Waals surface area (Å²) in [5.74, 6) is 1.000. The van der Waals surface area contributed by atoms with Crippen molar-refractivity contribution in [2.75, 3.05) is 26.2 Å². The van der Waals surface area contributed by atoms with Crippen molar-refractivity contribution < 1.29 is 24.5 Å². The van der Waals surface area contributed by atoms with Gasteiger partial charge in [-0.05, 0) is 58.0 Å². The van der Waals surface area contributed by atoms with E-state index < -0.39 is 0 Å². The summed E-state index contributed by atoms with van der Waals surface area (Å²) in [5.41, 5.74) is -0.230. The van der Waals surface area contributed by atoms with E-state index in [9.17, 15) is 9.90 Å². The molecule has 0 bridgehead atoms. The monoisotopic (exact) mass is 770 g/mol. The lowest BCUT2D eigenvalue weighted by atomic mass is 9.89. The molecule has 0 aromatic heterocycles. The zero-order chi connectivity index (χ0) is 40.6. The first kappa shape index (κ1) is 57.2. The predicted octanol–water partition coefficient (Wildman–Crippen LogP) is 14.9. The Hall–Kier alpha value is -1.14. The van der Waals surface area contributed by atoms with Crippen LogP contribution in [0.1, 0.15) is 260 Å². The third kappa shape index (κ3) is 47.0. The molecule has 0 amide bonds. The lowest BCUT2D eigenvalue weighted by molar-refractivity contribution is -0.143. The van der Waals surface area contributed by atoms with Crippen molar-refractivity contribution in [2.24, 2.45) is 5.92 Å². The number of ether oxygens (including phenoxy) is 1. The van der Waals surface area contributed by atoms with Crippen LogP contribution in [0, 0.1) is 5.92 Å². The van der Waals surface area contributed by atoms with E-state index in [2.05, 4.69) is 39.5 Å². The number of carbonyl (C=O) groups is 2. The zero-order valence-electron chi connectivity index (χ0n) is 37.7. The molecule has 326 valence electrons. The number of hydrogen-bond acceptors (Lipinski definition) is 5. The molecule has 6 heteroatoms. The lowest BCUT2D eigenvalue weighted by Gasteiger charge is -2.26. The Kier molecular flexibility index (Phi) is 52.8. The molecule has 0 aromatic rings. The molecule has 0 saturated carbocycles. The molecule has 2 N–H and O–H groups in total. The van der Waals surface area contributed by atoms with E-state index in [1.807, 2.05) is 6.92 Å². The van der Waals surface area contributed by atoms with Crippen LogP contribution in [0.5, 0.6) is 0 Å². The van der Waals surface area contributed by atoms with Gasteiger partial charge in [-0.1, -0.05) is 221 Å². The van der Waals surface area contributed by atoms with Gasteiger partial charge >= 0.3 is 0 Å². The summed E-state index contributed by atoms with van der Waals surface area (Å²) in [6, 6.07) is 0. The van der Waals surface area contributed by atoms with E-state index in [1.54, 1.807) is 0 Å². The Morgan fingerprint density at radius 1 is 0.500 bits per heavy atom. The number of carbonyl (C=O) groups excluding carboxylic acids is 1. The van der Waals surface area contributed by atoms with Crippen LogP contribution < -0.4 is 0 Å². The van der Waals surface area contributed by atoms with Crippen molar-refractivity contribution in [2.45, 2.75) is 265 Å². The molecule has 0 aromatic carbocycles. The van der Waals surface area contributed by atoms with Crippen LogP contribution in [0.3, 0.4) is 0 Å². The van der Waals surface area contributed by atoms with Gasteiger partial charge in [0.1, 0.15) is 5.60 Å². The molecular weight excluding hydrogens is 671 g/mol. The molecule has 0 heterocycles. The topological polar surface area (TPSA) is 87.1 Å². The van der Waals surface area contributed by atoms with Gasteiger partial charge in [0, 0.05) is 6.54 Å². The fourth-order valence-corrected chi connectivity index (χ4v) is 7.47. The predicted molar refractivity (Wildman–Crippen MR) is 237 cm³/mol. The zero-order valence-corrected chi connectivity index (χ0v) is 37.7. The molecule has 1 unspecified atom stereocenters. The Morgan fingerprint density at radius 2 is 0.815 bits per heavy atom. The van der Waals surface area contributed by atoms with Gasteiger partial charge in [0.05, 0.1) is 6.61 Å². The van der Waals surface area contributed by atoms with Crippen LogP contribution in [0.25, 0.3) is 0 Å². The van der Waals surface area contributed by atoms with Crippen molar-refractivity contribution in [3.05, 3.63) is 0 Å². The van der Waals surface area contributed by atoms with Gasteiger partial charge in [-0.25, -0.2) is 0 Å². The number of nitrogens with zero attached hydrogens (tertiary/aromatic N) is 1. The average molecular weight is 770 g/mol. The molecule has 0 radical (unpaired) electrons. The summed E-state index contributed by atoms with van der Waals surface area (Å²) in [6.07, 6.45) is 46.5. The second-order valence-corrected chi connectivity index (χ2v) is 16.5. The smallest absolute Gasteiger partial charge is 0.293 e. The second-order valence-electron chi connectivity index (χ2n) is 16.5. The number of carboxylic acid groups (broad SMARTS) is 1. The van der Waals surface area contributed by atoms with Crippen molar-refractivity contribution in [1.29, 1.82) is 0 Å². The summed E-state index contributed by atoms with van der Waals surface area (Å²) in [5, 5.41) is 16.3. The summed E-state index contributed by atoms with van der Waals surface area (Å²) in [6.45, 7) is 17.1. The summed E-state index contributed by atoms with van der Waals surface area (Å²) in [7, 11) is 0. The molecule has 0 spiro atoms. The Labute approximate surface area is 339 Å². The highest BCUT2D eigenvalue weighted by Crippen LogP contribution is 2.25. The molecule has 54 heavy (non-hydrogen) atoms. The fraction of sp³-hybridized carbons (Fsp3) is 0.958. The maximum absolute atomic E-state index is 10.3. The third-order valence-corrected chi connectivity index (χ3v) is 11.4. The molecule has 1 atom stereocenters. The molecule has 0 fully saturated rings. The fourth-order valence-electron chi connectivity index (χ4n) is 7.47. The molecule has 0 aliphatic rings. The summed E-state index contributed by atoms with van der Waals surface area (Å²) >= 11 is 0. The van der Waals surface area contributed by atoms with Crippen molar-refractivity contribution >= 4 is 12.9 Å². The Bertz CT molecular complexity index is 676. The van der Waals surface area contributed by atoms with Gasteiger partial charge in [-0.2, -0.15) is 0 Å². The number of aliphatic hydroxyl groups is 1. The van der Waals surface area contributed by atoms with Gasteiger partial charge in [0.15, 0.2) is 0 Å². The largest absolute Gasteiger partial charge is 0.483 e. The Balaban J connectivity index is -0.00000119. The van der Waals surface area contributed by atoms with E-state index in [0.29, 0.717) is 13.1 Å². The van der Waals surface area contributed by atoms with Gasteiger partial charge in [0.2, 0.25) is 0 Å². The number of rotatable bonds is 41. The highest BCUT2D eigenvalue weighted by atomic mass is 16.5. The van der Waals surface area contributed by atoms with Crippen LogP contribution >= 0.6 is 0 Å². The molecule has 0 rings (SSSR count). The van der Waals surface area contributed by atoms with Crippen molar-refractivity contribution in [3.8, 4) is 0 Å². The van der Waals surface area contributed by atoms with Crippen molar-refractivity contribution in [1.82, 2.24) is 4.90 Å². The van der Waals surface area contributed by atoms with Gasteiger partial charge in [-0.3, -0.25) is 9.59 Å². The maximum atomic E-state index is 10.3. The van der Waals surface area contributed by atoms with E-state index >= 15 is 0 Å². The average Bonchev–Trinajstić information content (AvgIpc) is 3.17. The van der Waals surface area contributed by atoms with Gasteiger partial charge in [0.25, 0.3) is 12.9 Å². The number of aliphatic hydroxyl groups excluding tert-OH is 1. The molecule has 6 nitrogen and oxygen atoms in total. The van der Waals surface area contributed by atoms with Crippen LogP contribution in [0.2, 0.25) is 0 Å². The second kappa shape index (κ2) is 49.9. The first-order valence-electron chi connectivity index (χ1n) is 23.9. The van der Waals surface area contributed by atoms with Gasteiger partial charge < -0.3 is 19.8 Å². The standard InChI is InChI=1S/C34H71NO.C13H26O2.CH2O2/c1-4-7-10-13-17-22-27-34(28-23-18-14-11-8-5-2)29-24-19-16-21-26-31-35(32-33-36)30-25-20-15-12-9-6-3;1-4-6-7-8-9-10-11-13(3,5-2)15-12-14;2-1-3/h34,36H,4-33H2,1-3H3;12H,4-11H2,1-3H3;1H,(H,2,3). The minimum atomic E-state index is -0.250. The van der Waals surface area contributed by atoms with E-state index in [0.717, 1.165) is 25.3 Å². The molecular formula is C48H99NO5. The minimum Gasteiger partial charge on any atom is -0.483 e. The van der Waals surface area contributed by atoms with Crippen molar-refractivity contribution in [3.63, 3.8) is 0 Å². The van der Waals surface area contributed by atoms with Crippen LogP contribution in [0.4, 0.5) is 0 Å².